The molecule has 0 saturated carbocycles. The van der Waals surface area contributed by atoms with E-state index in [9.17, 15) is 22.8 Å². The minimum Gasteiger partial charge on any atom is -0.464 e. The normalized spacial score (nSPS) is 23.0. The van der Waals surface area contributed by atoms with Crippen LogP contribution in [0.5, 0.6) is 0 Å². The average Bonchev–Trinajstić information content (AvgIpc) is 2.37. The maximum absolute atomic E-state index is 12.6. The summed E-state index contributed by atoms with van der Waals surface area (Å²) in [4.78, 5) is 27.0. The van der Waals surface area contributed by atoms with E-state index >= 15 is 0 Å². The molecule has 0 radical (unpaired) electrons. The van der Waals surface area contributed by atoms with Gasteiger partial charge in [0.15, 0.2) is 11.5 Å². The second-order valence-electron chi connectivity index (χ2n) is 3.58. The first kappa shape index (κ1) is 13.6. The number of halogens is 3. The maximum atomic E-state index is 12.6. The van der Waals surface area contributed by atoms with E-state index in [0.717, 1.165) is 12.0 Å². The van der Waals surface area contributed by atoms with E-state index in [1.807, 2.05) is 0 Å². The molecular weight excluding hydrogens is 241 g/mol. The van der Waals surface area contributed by atoms with E-state index in [4.69, 9.17) is 0 Å². The third kappa shape index (κ3) is 3.02. The molecule has 0 N–H and O–H groups in total. The van der Waals surface area contributed by atoms with Gasteiger partial charge in [-0.2, -0.15) is 13.2 Å². The zero-order chi connectivity index (χ0) is 13.2. The number of hydrogen-bond donors (Lipinski definition) is 0. The van der Waals surface area contributed by atoms with Gasteiger partial charge in [0, 0.05) is 6.42 Å². The Balaban J connectivity index is 2.95. The first-order chi connectivity index (χ1) is 7.77. The molecule has 1 aliphatic heterocycles. The molecule has 1 aliphatic rings. The minimum atomic E-state index is -4.54. The van der Waals surface area contributed by atoms with Crippen molar-refractivity contribution in [3.63, 3.8) is 0 Å². The Morgan fingerprint density at radius 3 is 2.59 bits per heavy atom. The summed E-state index contributed by atoms with van der Waals surface area (Å²) >= 11 is 0. The van der Waals surface area contributed by atoms with E-state index in [-0.39, 0.29) is 6.67 Å². The van der Waals surface area contributed by atoms with Crippen molar-refractivity contribution in [2.45, 2.75) is 18.6 Å². The molecule has 5 nitrogen and oxygen atoms in total. The molecule has 0 saturated heterocycles. The Bertz CT molecular complexity index is 365. The molecule has 96 valence electrons. The molecule has 17 heavy (non-hydrogen) atoms. The number of hydrogen-bond acceptors (Lipinski definition) is 5. The van der Waals surface area contributed by atoms with Crippen molar-refractivity contribution in [1.29, 1.82) is 0 Å². The summed E-state index contributed by atoms with van der Waals surface area (Å²) in [6, 6.07) is -1.93. The van der Waals surface area contributed by atoms with Gasteiger partial charge in [-0.05, 0) is 7.05 Å². The molecule has 0 aromatic rings. The van der Waals surface area contributed by atoms with Crippen molar-refractivity contribution in [2.75, 3.05) is 20.8 Å². The first-order valence-corrected chi connectivity index (χ1v) is 4.70. The SMILES string of the molecule is COC(=O)C1=NCN(C)C(C(F)(F)F)CC1=O. The van der Waals surface area contributed by atoms with Gasteiger partial charge in [0.05, 0.1) is 13.8 Å². The number of methoxy groups -OCH3 is 1. The Labute approximate surface area is 95.2 Å². The van der Waals surface area contributed by atoms with E-state index in [2.05, 4.69) is 9.73 Å². The summed E-state index contributed by atoms with van der Waals surface area (Å²) in [5, 5.41) is 0. The largest absolute Gasteiger partial charge is 0.464 e. The maximum Gasteiger partial charge on any atom is 0.404 e. The lowest BCUT2D eigenvalue weighted by atomic mass is 10.1. The summed E-state index contributed by atoms with van der Waals surface area (Å²) in [7, 11) is 2.23. The minimum absolute atomic E-state index is 0.375. The summed E-state index contributed by atoms with van der Waals surface area (Å²) in [6.07, 6.45) is -5.36. The lowest BCUT2D eigenvalue weighted by molar-refractivity contribution is -0.181. The summed E-state index contributed by atoms with van der Waals surface area (Å²) < 4.78 is 42.1. The van der Waals surface area contributed by atoms with Crippen LogP contribution in [0.3, 0.4) is 0 Å². The Kier molecular flexibility index (Phi) is 3.87. The van der Waals surface area contributed by atoms with Gasteiger partial charge in [-0.1, -0.05) is 0 Å². The highest BCUT2D eigenvalue weighted by molar-refractivity contribution is 6.64. The van der Waals surface area contributed by atoms with Crippen LogP contribution in [0.4, 0.5) is 13.2 Å². The third-order valence-electron chi connectivity index (χ3n) is 2.38. The standard InChI is InChI=1S/C9H11F3N2O3/c1-14-4-13-7(8(16)17-2)5(15)3-6(14)9(10,11)12/h6H,3-4H2,1-2H3. The van der Waals surface area contributed by atoms with Crippen LogP contribution in [0, 0.1) is 0 Å². The van der Waals surface area contributed by atoms with Crippen LogP contribution in [0.2, 0.25) is 0 Å². The quantitative estimate of drug-likeness (QED) is 0.633. The lowest BCUT2D eigenvalue weighted by Crippen LogP contribution is -2.44. The number of alkyl halides is 3. The molecule has 0 bridgehead atoms. The molecule has 1 rings (SSSR count). The van der Waals surface area contributed by atoms with Crippen molar-refractivity contribution in [1.82, 2.24) is 4.90 Å². The fraction of sp³-hybridized carbons (Fsp3) is 0.667. The molecule has 1 atom stereocenters. The molecule has 8 heteroatoms. The molecule has 0 aromatic heterocycles. The summed E-state index contributed by atoms with van der Waals surface area (Å²) in [5.41, 5.74) is -0.564. The van der Waals surface area contributed by atoms with Crippen LogP contribution in [-0.4, -0.2) is 55.4 Å². The van der Waals surface area contributed by atoms with Crippen molar-refractivity contribution in [3.05, 3.63) is 0 Å². The highest BCUT2D eigenvalue weighted by Crippen LogP contribution is 2.28. The predicted octanol–water partition coefficient (Wildman–Crippen LogP) is 0.393. The van der Waals surface area contributed by atoms with Gasteiger partial charge in [-0.15, -0.1) is 0 Å². The number of nitrogens with zero attached hydrogens (tertiary/aromatic N) is 2. The highest BCUT2D eigenvalue weighted by atomic mass is 19.4. The number of carbonyl (C=O) groups is 2. The molecule has 0 aliphatic carbocycles. The van der Waals surface area contributed by atoms with Crippen molar-refractivity contribution >= 4 is 17.5 Å². The van der Waals surface area contributed by atoms with Gasteiger partial charge in [-0.25, -0.2) is 4.79 Å². The Morgan fingerprint density at radius 2 is 2.12 bits per heavy atom. The number of aliphatic imine (C=N–C) groups is 1. The zero-order valence-electron chi connectivity index (χ0n) is 9.24. The number of rotatable bonds is 1. The second-order valence-corrected chi connectivity index (χ2v) is 3.58. The average molecular weight is 252 g/mol. The van der Waals surface area contributed by atoms with Gasteiger partial charge >= 0.3 is 12.1 Å². The number of ketones is 1. The van der Waals surface area contributed by atoms with Gasteiger partial charge in [-0.3, -0.25) is 14.7 Å². The smallest absolute Gasteiger partial charge is 0.404 e. The van der Waals surface area contributed by atoms with Crippen LogP contribution < -0.4 is 0 Å². The van der Waals surface area contributed by atoms with Crippen LogP contribution in [-0.2, 0) is 14.3 Å². The summed E-state index contributed by atoms with van der Waals surface area (Å²) in [5.74, 6) is -1.96. The fourth-order valence-electron chi connectivity index (χ4n) is 1.44. The summed E-state index contributed by atoms with van der Waals surface area (Å²) in [6.45, 7) is -0.375. The van der Waals surface area contributed by atoms with Crippen LogP contribution in [0.25, 0.3) is 0 Å². The molecule has 0 fully saturated rings. The molecule has 1 heterocycles. The molecule has 1 unspecified atom stereocenters. The number of esters is 1. The van der Waals surface area contributed by atoms with Crippen LogP contribution >= 0.6 is 0 Å². The number of carbonyl (C=O) groups excluding carboxylic acids is 2. The van der Waals surface area contributed by atoms with E-state index < -0.39 is 36.1 Å². The second kappa shape index (κ2) is 4.82. The predicted molar refractivity (Wildman–Crippen MR) is 51.5 cm³/mol. The first-order valence-electron chi connectivity index (χ1n) is 4.70. The van der Waals surface area contributed by atoms with Gasteiger partial charge in [0.25, 0.3) is 0 Å². The van der Waals surface area contributed by atoms with Crippen molar-refractivity contribution in [3.8, 4) is 0 Å². The molecule has 0 spiro atoms. The molecule has 0 aromatic carbocycles. The Hall–Kier alpha value is -1.44. The van der Waals surface area contributed by atoms with Gasteiger partial charge in [0.1, 0.15) is 6.04 Å². The molecular formula is C9H11F3N2O3. The van der Waals surface area contributed by atoms with Gasteiger partial charge < -0.3 is 4.74 Å². The lowest BCUT2D eigenvalue weighted by Gasteiger charge is -2.26. The zero-order valence-corrected chi connectivity index (χ0v) is 9.24. The highest BCUT2D eigenvalue weighted by Gasteiger charge is 2.45. The van der Waals surface area contributed by atoms with E-state index in [1.54, 1.807) is 0 Å². The Morgan fingerprint density at radius 1 is 1.53 bits per heavy atom. The van der Waals surface area contributed by atoms with Crippen LogP contribution in [0.15, 0.2) is 4.99 Å². The molecule has 0 amide bonds. The van der Waals surface area contributed by atoms with Crippen molar-refractivity contribution < 1.29 is 27.5 Å². The number of Topliss-reactive ketones (excluding diaryl/α,β-unsaturated/α-hetero) is 1. The van der Waals surface area contributed by atoms with E-state index in [1.165, 1.54) is 7.05 Å². The van der Waals surface area contributed by atoms with E-state index in [0.29, 0.717) is 0 Å². The number of ether oxygens (including phenoxy) is 1. The van der Waals surface area contributed by atoms with Gasteiger partial charge in [0.2, 0.25) is 0 Å². The van der Waals surface area contributed by atoms with Crippen LogP contribution in [0.1, 0.15) is 6.42 Å². The topological polar surface area (TPSA) is 59.0 Å². The third-order valence-corrected chi connectivity index (χ3v) is 2.38. The van der Waals surface area contributed by atoms with Crippen molar-refractivity contribution in [2.24, 2.45) is 4.99 Å². The monoisotopic (exact) mass is 252 g/mol. The fourth-order valence-corrected chi connectivity index (χ4v) is 1.44.